The van der Waals surface area contributed by atoms with E-state index in [9.17, 15) is 18.0 Å². The van der Waals surface area contributed by atoms with Crippen molar-refractivity contribution in [3.8, 4) is 22.6 Å². The van der Waals surface area contributed by atoms with Gasteiger partial charge in [-0.3, -0.25) is 14.4 Å². The fraction of sp³-hybridized carbons (Fsp3) is 0.259. The Hall–Kier alpha value is -3.93. The maximum Gasteiger partial charge on any atom is 0.264 e. The highest BCUT2D eigenvalue weighted by molar-refractivity contribution is 7.89. The monoisotopic (exact) mass is 539 g/mol. The van der Waals surface area contributed by atoms with Gasteiger partial charge in [-0.1, -0.05) is 24.3 Å². The Bertz CT molecular complexity index is 1560. The first-order valence-electron chi connectivity index (χ1n) is 12.1. The molecule has 2 heterocycles. The lowest BCUT2D eigenvalue weighted by Crippen LogP contribution is -2.41. The molecule has 0 spiro atoms. The molecule has 1 aliphatic carbocycles. The number of amides is 2. The van der Waals surface area contributed by atoms with Crippen LogP contribution < -0.4 is 25.0 Å². The van der Waals surface area contributed by atoms with Crippen LogP contribution in [-0.4, -0.2) is 39.7 Å². The molecule has 2 fully saturated rings. The molecule has 0 aromatic heterocycles. The van der Waals surface area contributed by atoms with E-state index in [0.717, 1.165) is 35.1 Å². The van der Waals surface area contributed by atoms with Gasteiger partial charge in [0.25, 0.3) is 5.91 Å². The Morgan fingerprint density at radius 1 is 1.03 bits per heavy atom. The first kappa shape index (κ1) is 24.4. The van der Waals surface area contributed by atoms with Gasteiger partial charge < -0.3 is 14.8 Å². The van der Waals surface area contributed by atoms with Crippen molar-refractivity contribution in [3.05, 3.63) is 71.8 Å². The maximum absolute atomic E-state index is 13.4. The van der Waals surface area contributed by atoms with Gasteiger partial charge in [0.05, 0.1) is 10.3 Å². The highest BCUT2D eigenvalue weighted by Crippen LogP contribution is 2.51. The Morgan fingerprint density at radius 3 is 2.50 bits per heavy atom. The molecular formula is C27H29N3O7S. The Morgan fingerprint density at radius 2 is 1.79 bits per heavy atom. The van der Waals surface area contributed by atoms with Crippen molar-refractivity contribution in [1.29, 1.82) is 0 Å². The first-order valence-corrected chi connectivity index (χ1v) is 13.6. The number of aryl methyl sites for hydroxylation is 1. The molecule has 1 saturated heterocycles. The van der Waals surface area contributed by atoms with Gasteiger partial charge in [-0.15, -0.1) is 0 Å². The molecule has 3 aromatic carbocycles. The highest BCUT2D eigenvalue weighted by Gasteiger charge is 2.51. The van der Waals surface area contributed by atoms with Gasteiger partial charge in [-0.2, -0.15) is 4.72 Å². The minimum atomic E-state index is -3.91. The molecule has 0 unspecified atom stereocenters. The summed E-state index contributed by atoms with van der Waals surface area (Å²) in [5.74, 6) is 0.713. The fourth-order valence-electron chi connectivity index (χ4n) is 4.73. The van der Waals surface area contributed by atoms with E-state index in [1.807, 2.05) is 43.3 Å². The summed E-state index contributed by atoms with van der Waals surface area (Å²) >= 11 is 0. The molecule has 10 nitrogen and oxygen atoms in total. The van der Waals surface area contributed by atoms with Crippen LogP contribution >= 0.6 is 0 Å². The van der Waals surface area contributed by atoms with E-state index in [1.165, 1.54) is 12.1 Å². The summed E-state index contributed by atoms with van der Waals surface area (Å²) in [7, 11) is -3.91. The number of hydrogen-bond donors (Lipinski definition) is 3. The molecule has 38 heavy (non-hydrogen) atoms. The van der Waals surface area contributed by atoms with Crippen molar-refractivity contribution in [3.63, 3.8) is 0 Å². The summed E-state index contributed by atoms with van der Waals surface area (Å²) < 4.78 is 38.6. The number of carbonyl (C=O) groups is 2. The number of sulfonamides is 1. The standard InChI is InChI=1S/C27H25N3O7S.2H2/c1-16-2-6-19(28-26(32)27(10-11-27)18-5-9-23-24(12-18)36-15-35-23)13-21(16)17-3-7-20(8-4-17)38(33,34)30-22-14-37-29-25(22)31;;/h2-9,12-13,22,30H,10-11,14-15H2,1H3,(H,28,32)(H,29,31);2*1H/t22-;;/m1../s1. The van der Waals surface area contributed by atoms with E-state index in [-0.39, 0.29) is 27.1 Å². The molecule has 2 amide bonds. The zero-order valence-electron chi connectivity index (χ0n) is 20.4. The van der Waals surface area contributed by atoms with Crippen molar-refractivity contribution in [2.45, 2.75) is 36.1 Å². The third-order valence-corrected chi connectivity index (χ3v) is 8.61. The van der Waals surface area contributed by atoms with E-state index in [1.54, 1.807) is 12.1 Å². The second-order valence-electron chi connectivity index (χ2n) is 9.61. The Balaban J connectivity index is 0.00000185. The first-order chi connectivity index (χ1) is 18.2. The van der Waals surface area contributed by atoms with Crippen LogP contribution in [0.15, 0.2) is 65.6 Å². The van der Waals surface area contributed by atoms with Gasteiger partial charge >= 0.3 is 0 Å². The van der Waals surface area contributed by atoms with Gasteiger partial charge in [0.1, 0.15) is 12.6 Å². The van der Waals surface area contributed by atoms with Gasteiger partial charge in [-0.25, -0.2) is 13.9 Å². The molecule has 0 radical (unpaired) electrons. The van der Waals surface area contributed by atoms with Crippen LogP contribution in [0.5, 0.6) is 11.5 Å². The maximum atomic E-state index is 13.4. The number of ether oxygens (including phenoxy) is 2. The van der Waals surface area contributed by atoms with Gasteiger partial charge in [0, 0.05) is 8.54 Å². The highest BCUT2D eigenvalue weighted by atomic mass is 32.2. The molecule has 2 aliphatic heterocycles. The number of carbonyl (C=O) groups excluding carboxylic acids is 2. The number of nitrogens with one attached hydrogen (secondary N) is 3. The summed E-state index contributed by atoms with van der Waals surface area (Å²) in [5.41, 5.74) is 5.68. The lowest BCUT2D eigenvalue weighted by molar-refractivity contribution is -0.124. The molecule has 3 aliphatic rings. The molecule has 200 valence electrons. The lowest BCUT2D eigenvalue weighted by Gasteiger charge is -2.17. The Kier molecular flexibility index (Phi) is 5.86. The molecular weight excluding hydrogens is 510 g/mol. The topological polar surface area (TPSA) is 132 Å². The van der Waals surface area contributed by atoms with Crippen molar-refractivity contribution in [2.24, 2.45) is 0 Å². The van der Waals surface area contributed by atoms with Crippen molar-refractivity contribution >= 4 is 27.5 Å². The van der Waals surface area contributed by atoms with E-state index < -0.39 is 27.4 Å². The summed E-state index contributed by atoms with van der Waals surface area (Å²) in [5, 5.41) is 3.06. The SMILES string of the molecule is Cc1ccc(NC(=O)C2(c3ccc4c(c3)OCO4)CC2)cc1-c1ccc(S(=O)(=O)N[C@@H]2CONC2=O)cc1.[HH].[HH]. The molecule has 1 saturated carbocycles. The average Bonchev–Trinajstić information content (AvgIpc) is 3.43. The van der Waals surface area contributed by atoms with Crippen molar-refractivity contribution in [1.82, 2.24) is 10.2 Å². The predicted molar refractivity (Wildman–Crippen MR) is 141 cm³/mol. The largest absolute Gasteiger partial charge is 0.454 e. The van der Waals surface area contributed by atoms with E-state index in [2.05, 4.69) is 15.5 Å². The number of hydroxylamine groups is 1. The third-order valence-electron chi connectivity index (χ3n) is 7.12. The van der Waals surface area contributed by atoms with E-state index >= 15 is 0 Å². The quantitative estimate of drug-likeness (QED) is 0.420. The smallest absolute Gasteiger partial charge is 0.264 e. The summed E-state index contributed by atoms with van der Waals surface area (Å²) in [6.45, 7) is 2.05. The number of benzene rings is 3. The number of anilines is 1. The summed E-state index contributed by atoms with van der Waals surface area (Å²) in [6.07, 6.45) is 1.49. The Labute approximate surface area is 222 Å². The number of fused-ring (bicyclic) bond motifs is 1. The van der Waals surface area contributed by atoms with Crippen LogP contribution in [0, 0.1) is 6.92 Å². The second-order valence-corrected chi connectivity index (χ2v) is 11.3. The third kappa shape index (κ3) is 4.38. The average molecular weight is 540 g/mol. The van der Waals surface area contributed by atoms with Gasteiger partial charge in [0.2, 0.25) is 22.7 Å². The summed E-state index contributed by atoms with van der Waals surface area (Å²) in [6, 6.07) is 16.7. The lowest BCUT2D eigenvalue weighted by atomic mass is 9.94. The minimum absolute atomic E-state index is 0. The van der Waals surface area contributed by atoms with E-state index in [0.29, 0.717) is 17.2 Å². The van der Waals surface area contributed by atoms with Crippen LogP contribution in [0.3, 0.4) is 0 Å². The zero-order valence-corrected chi connectivity index (χ0v) is 21.3. The van der Waals surface area contributed by atoms with Crippen molar-refractivity contribution in [2.75, 3.05) is 18.7 Å². The predicted octanol–water partition coefficient (Wildman–Crippen LogP) is 3.26. The van der Waals surface area contributed by atoms with Crippen LogP contribution in [-0.2, 0) is 29.9 Å². The number of rotatable bonds is 7. The molecule has 6 rings (SSSR count). The molecule has 11 heteroatoms. The van der Waals surface area contributed by atoms with Crippen LogP contribution in [0.25, 0.3) is 11.1 Å². The van der Waals surface area contributed by atoms with E-state index in [4.69, 9.17) is 14.3 Å². The normalized spacial score (nSPS) is 19.2. The van der Waals surface area contributed by atoms with Crippen molar-refractivity contribution < 1.29 is 35.2 Å². The fourth-order valence-corrected chi connectivity index (χ4v) is 5.91. The molecule has 3 N–H and O–H groups in total. The minimum Gasteiger partial charge on any atom is -0.454 e. The van der Waals surface area contributed by atoms with Crippen LogP contribution in [0.2, 0.25) is 0 Å². The van der Waals surface area contributed by atoms with Gasteiger partial charge in [-0.05, 0) is 78.4 Å². The van der Waals surface area contributed by atoms with Crippen LogP contribution in [0.4, 0.5) is 5.69 Å². The second kappa shape index (κ2) is 9.12. The molecule has 3 aromatic rings. The molecule has 1 atom stereocenters. The van der Waals surface area contributed by atoms with Crippen LogP contribution in [0.1, 0.15) is 26.8 Å². The summed E-state index contributed by atoms with van der Waals surface area (Å²) in [4.78, 5) is 29.8. The zero-order chi connectivity index (χ0) is 26.5. The molecule has 0 bridgehead atoms. The number of hydrogen-bond acceptors (Lipinski definition) is 7. The van der Waals surface area contributed by atoms with Gasteiger partial charge in [0.15, 0.2) is 11.5 Å².